The molecule has 15 heavy (non-hydrogen) atoms. The van der Waals surface area contributed by atoms with Crippen molar-refractivity contribution in [2.45, 2.75) is 0 Å². The highest BCUT2D eigenvalue weighted by Crippen LogP contribution is 2.23. The number of benzene rings is 1. The molecule has 0 aliphatic carbocycles. The van der Waals surface area contributed by atoms with Crippen LogP contribution in [-0.2, 0) is 0 Å². The van der Waals surface area contributed by atoms with Crippen molar-refractivity contribution in [1.29, 1.82) is 5.26 Å². The molecule has 0 saturated heterocycles. The van der Waals surface area contributed by atoms with Crippen LogP contribution in [0.15, 0.2) is 24.3 Å². The second kappa shape index (κ2) is 3.55. The molecule has 1 heterocycles. The summed E-state index contributed by atoms with van der Waals surface area (Å²) in [6.45, 7) is 0. The van der Waals surface area contributed by atoms with Gasteiger partial charge in [-0.05, 0) is 18.2 Å². The molecule has 5 heteroatoms. The molecule has 0 spiro atoms. The van der Waals surface area contributed by atoms with Gasteiger partial charge in [-0.2, -0.15) is 5.26 Å². The summed E-state index contributed by atoms with van der Waals surface area (Å²) in [6.07, 6.45) is 0. The fourth-order valence-corrected chi connectivity index (χ4v) is 2.15. The highest BCUT2D eigenvalue weighted by atomic mass is 127. The van der Waals surface area contributed by atoms with Crippen LogP contribution in [0.1, 0.15) is 16.1 Å². The van der Waals surface area contributed by atoms with Gasteiger partial charge in [0.15, 0.2) is 0 Å². The molecule has 0 amide bonds. The molecular weight excluding hydrogens is 307 g/mol. The van der Waals surface area contributed by atoms with Gasteiger partial charge in [0.2, 0.25) is 0 Å². The van der Waals surface area contributed by atoms with E-state index in [2.05, 4.69) is 0 Å². The third kappa shape index (κ3) is 1.57. The van der Waals surface area contributed by atoms with Crippen molar-refractivity contribution in [3.05, 3.63) is 35.5 Å². The van der Waals surface area contributed by atoms with Gasteiger partial charge in [-0.15, -0.1) is 0 Å². The SMILES string of the molecule is N#Cc1ccc2cc(C(=O)O)n(I)c2c1. The third-order valence-electron chi connectivity index (χ3n) is 2.09. The van der Waals surface area contributed by atoms with Crippen LogP contribution in [0.2, 0.25) is 0 Å². The maximum atomic E-state index is 10.9. The lowest BCUT2D eigenvalue weighted by Crippen LogP contribution is -1.99. The molecule has 0 aliphatic heterocycles. The number of halogens is 1. The zero-order chi connectivity index (χ0) is 11.0. The Morgan fingerprint density at radius 1 is 1.47 bits per heavy atom. The van der Waals surface area contributed by atoms with E-state index >= 15 is 0 Å². The average molecular weight is 312 g/mol. The lowest BCUT2D eigenvalue weighted by Gasteiger charge is -1.96. The molecule has 0 radical (unpaired) electrons. The number of rotatable bonds is 1. The summed E-state index contributed by atoms with van der Waals surface area (Å²) in [5.41, 5.74) is 1.48. The number of hydrogen-bond acceptors (Lipinski definition) is 2. The van der Waals surface area contributed by atoms with Crippen LogP contribution in [0.5, 0.6) is 0 Å². The summed E-state index contributed by atoms with van der Waals surface area (Å²) in [5, 5.41) is 18.4. The van der Waals surface area contributed by atoms with Crippen LogP contribution < -0.4 is 0 Å². The van der Waals surface area contributed by atoms with Crippen molar-refractivity contribution in [2.75, 3.05) is 0 Å². The van der Waals surface area contributed by atoms with E-state index in [0.29, 0.717) is 5.56 Å². The Hall–Kier alpha value is -1.55. The molecule has 0 unspecified atom stereocenters. The van der Waals surface area contributed by atoms with Gasteiger partial charge in [0, 0.05) is 5.39 Å². The summed E-state index contributed by atoms with van der Waals surface area (Å²) < 4.78 is 1.54. The van der Waals surface area contributed by atoms with E-state index in [4.69, 9.17) is 10.4 Å². The van der Waals surface area contributed by atoms with E-state index in [0.717, 1.165) is 10.9 Å². The molecule has 0 atom stereocenters. The Morgan fingerprint density at radius 3 is 2.80 bits per heavy atom. The Kier molecular flexibility index (Phi) is 2.36. The first-order valence-corrected chi connectivity index (χ1v) is 5.05. The predicted octanol–water partition coefficient (Wildman–Crippen LogP) is 2.41. The fraction of sp³-hybridized carbons (Fsp3) is 0. The summed E-state index contributed by atoms with van der Waals surface area (Å²) in [5.74, 6) is -0.973. The number of nitrogens with zero attached hydrogens (tertiary/aromatic N) is 2. The third-order valence-corrected chi connectivity index (χ3v) is 3.13. The first-order valence-electron chi connectivity index (χ1n) is 4.08. The number of carbonyl (C=O) groups is 1. The molecule has 0 fully saturated rings. The Morgan fingerprint density at radius 2 is 2.20 bits per heavy atom. The second-order valence-corrected chi connectivity index (χ2v) is 3.97. The van der Waals surface area contributed by atoms with Gasteiger partial charge in [0.1, 0.15) is 5.69 Å². The molecule has 2 aromatic rings. The summed E-state index contributed by atoms with van der Waals surface area (Å²) in [4.78, 5) is 10.9. The lowest BCUT2D eigenvalue weighted by atomic mass is 10.2. The molecule has 2 rings (SSSR count). The van der Waals surface area contributed by atoms with Gasteiger partial charge in [-0.1, -0.05) is 6.07 Å². The number of aromatic nitrogens is 1. The van der Waals surface area contributed by atoms with E-state index in [-0.39, 0.29) is 5.69 Å². The van der Waals surface area contributed by atoms with E-state index in [9.17, 15) is 4.79 Å². The van der Waals surface area contributed by atoms with Gasteiger partial charge in [0.25, 0.3) is 0 Å². The summed E-state index contributed by atoms with van der Waals surface area (Å²) in [6, 6.07) is 8.70. The molecule has 4 nitrogen and oxygen atoms in total. The highest BCUT2D eigenvalue weighted by molar-refractivity contribution is 14.1. The molecule has 1 aromatic carbocycles. The lowest BCUT2D eigenvalue weighted by molar-refractivity contribution is 0.0691. The number of nitriles is 1. The zero-order valence-corrected chi connectivity index (χ0v) is 9.59. The first-order chi connectivity index (χ1) is 7.13. The van der Waals surface area contributed by atoms with Gasteiger partial charge in [0.05, 0.1) is 40.0 Å². The number of aromatic carboxylic acids is 1. The Balaban J connectivity index is 2.79. The monoisotopic (exact) mass is 312 g/mol. The largest absolute Gasteiger partial charge is 0.477 e. The molecular formula is C10H5IN2O2. The van der Waals surface area contributed by atoms with E-state index in [1.54, 1.807) is 24.3 Å². The quantitative estimate of drug-likeness (QED) is 0.822. The summed E-state index contributed by atoms with van der Waals surface area (Å²) >= 11 is 1.91. The van der Waals surface area contributed by atoms with Crippen molar-refractivity contribution in [3.8, 4) is 6.07 Å². The number of carboxylic acid groups (broad SMARTS) is 1. The minimum absolute atomic E-state index is 0.209. The van der Waals surface area contributed by atoms with Crippen LogP contribution >= 0.6 is 22.9 Å². The number of fused-ring (bicyclic) bond motifs is 1. The summed E-state index contributed by atoms with van der Waals surface area (Å²) in [7, 11) is 0. The normalized spacial score (nSPS) is 10.1. The van der Waals surface area contributed by atoms with Gasteiger partial charge < -0.3 is 5.11 Å². The predicted molar refractivity (Wildman–Crippen MR) is 63.0 cm³/mol. The zero-order valence-electron chi connectivity index (χ0n) is 7.44. The van der Waals surface area contributed by atoms with Crippen molar-refractivity contribution in [2.24, 2.45) is 0 Å². The van der Waals surface area contributed by atoms with E-state index in [1.807, 2.05) is 28.9 Å². The molecule has 74 valence electrons. The second-order valence-electron chi connectivity index (χ2n) is 3.00. The molecule has 1 N–H and O–H groups in total. The van der Waals surface area contributed by atoms with Crippen molar-refractivity contribution in [1.82, 2.24) is 2.78 Å². The molecule has 0 aliphatic rings. The van der Waals surface area contributed by atoms with Crippen LogP contribution in [-0.4, -0.2) is 13.9 Å². The van der Waals surface area contributed by atoms with E-state index < -0.39 is 5.97 Å². The number of carboxylic acids is 1. The fourth-order valence-electron chi connectivity index (χ4n) is 1.38. The Labute approximate surface area is 99.2 Å². The van der Waals surface area contributed by atoms with Crippen molar-refractivity contribution >= 4 is 39.7 Å². The minimum atomic E-state index is -0.973. The highest BCUT2D eigenvalue weighted by Gasteiger charge is 2.12. The Bertz CT molecular complexity index is 595. The van der Waals surface area contributed by atoms with Crippen molar-refractivity contribution in [3.63, 3.8) is 0 Å². The maximum absolute atomic E-state index is 10.9. The average Bonchev–Trinajstić information content (AvgIpc) is 2.56. The van der Waals surface area contributed by atoms with E-state index in [1.165, 1.54) is 2.78 Å². The van der Waals surface area contributed by atoms with Gasteiger partial charge in [-0.25, -0.2) is 4.79 Å². The maximum Gasteiger partial charge on any atom is 0.353 e. The number of hydrogen-bond donors (Lipinski definition) is 1. The molecule has 1 aromatic heterocycles. The minimum Gasteiger partial charge on any atom is -0.477 e. The van der Waals surface area contributed by atoms with Crippen LogP contribution in [0, 0.1) is 11.3 Å². The van der Waals surface area contributed by atoms with Crippen LogP contribution in [0.25, 0.3) is 10.9 Å². The van der Waals surface area contributed by atoms with Crippen LogP contribution in [0.3, 0.4) is 0 Å². The topological polar surface area (TPSA) is 66.0 Å². The smallest absolute Gasteiger partial charge is 0.353 e. The molecule has 0 bridgehead atoms. The first kappa shape index (κ1) is 9.98. The molecule has 0 saturated carbocycles. The standard InChI is InChI=1S/C10H5IN2O2/c11-13-8-3-6(5-12)1-2-7(8)4-9(13)10(14)15/h1-4H,(H,14,15). The van der Waals surface area contributed by atoms with Gasteiger partial charge >= 0.3 is 5.97 Å². The van der Waals surface area contributed by atoms with Gasteiger partial charge in [-0.3, -0.25) is 2.78 Å². The van der Waals surface area contributed by atoms with Crippen LogP contribution in [0.4, 0.5) is 0 Å². The van der Waals surface area contributed by atoms with Crippen molar-refractivity contribution < 1.29 is 9.90 Å².